The summed E-state index contributed by atoms with van der Waals surface area (Å²) in [7, 11) is 0. The number of benzene rings is 2. The van der Waals surface area contributed by atoms with E-state index in [1.807, 2.05) is 74.5 Å². The fourth-order valence-corrected chi connectivity index (χ4v) is 3.87. The third-order valence-corrected chi connectivity index (χ3v) is 5.54. The maximum Gasteiger partial charge on any atom is 0.166 e. The van der Waals surface area contributed by atoms with Gasteiger partial charge in [0.15, 0.2) is 11.6 Å². The van der Waals surface area contributed by atoms with Crippen LogP contribution in [0.25, 0.3) is 0 Å². The summed E-state index contributed by atoms with van der Waals surface area (Å²) in [5.41, 5.74) is 1.59. The summed E-state index contributed by atoms with van der Waals surface area (Å²) >= 11 is 0. The van der Waals surface area contributed by atoms with Gasteiger partial charge in [-0.05, 0) is 0 Å². The minimum atomic E-state index is -0.00691. The van der Waals surface area contributed by atoms with Crippen molar-refractivity contribution in [1.82, 2.24) is 9.80 Å². The highest BCUT2D eigenvalue weighted by molar-refractivity contribution is 5.98. The van der Waals surface area contributed by atoms with E-state index in [1.54, 1.807) is 0 Å². The molecular formula is C24H30N2O2. The Balaban J connectivity index is 1.44. The summed E-state index contributed by atoms with van der Waals surface area (Å²) in [6, 6.07) is 19.1. The zero-order valence-electron chi connectivity index (χ0n) is 16.9. The average Bonchev–Trinajstić information content (AvgIpc) is 2.75. The predicted molar refractivity (Wildman–Crippen MR) is 113 cm³/mol. The summed E-state index contributed by atoms with van der Waals surface area (Å²) in [6.45, 7) is 9.39. The number of ketones is 2. The van der Waals surface area contributed by atoms with Crippen LogP contribution in [0.4, 0.5) is 0 Å². The van der Waals surface area contributed by atoms with Crippen molar-refractivity contribution in [2.75, 3.05) is 39.3 Å². The third-order valence-electron chi connectivity index (χ3n) is 5.54. The lowest BCUT2D eigenvalue weighted by atomic mass is 9.98. The average molecular weight is 379 g/mol. The minimum absolute atomic E-state index is 0.00691. The van der Waals surface area contributed by atoms with Gasteiger partial charge in [-0.2, -0.15) is 0 Å². The van der Waals surface area contributed by atoms with Crippen molar-refractivity contribution in [3.63, 3.8) is 0 Å². The Labute approximate surface area is 168 Å². The van der Waals surface area contributed by atoms with Crippen LogP contribution in [0.3, 0.4) is 0 Å². The van der Waals surface area contributed by atoms with Crippen LogP contribution in [-0.4, -0.2) is 60.6 Å². The molecular weight excluding hydrogens is 348 g/mol. The number of rotatable bonds is 8. The highest BCUT2D eigenvalue weighted by atomic mass is 16.1. The Bertz CT molecular complexity index is 700. The van der Waals surface area contributed by atoms with E-state index in [0.29, 0.717) is 0 Å². The van der Waals surface area contributed by atoms with Crippen LogP contribution in [0.5, 0.6) is 0 Å². The molecule has 4 heteroatoms. The third kappa shape index (κ3) is 5.37. The SMILES string of the molecule is CC(CN1CCN(CC(C)C(=O)c2ccccc2)CC1)C(=O)c1ccccc1. The molecule has 0 saturated carbocycles. The van der Waals surface area contributed by atoms with Crippen molar-refractivity contribution in [1.29, 1.82) is 0 Å². The summed E-state index contributed by atoms with van der Waals surface area (Å²) < 4.78 is 0. The van der Waals surface area contributed by atoms with Gasteiger partial charge in [-0.15, -0.1) is 0 Å². The first kappa shape index (κ1) is 20.4. The van der Waals surface area contributed by atoms with E-state index in [0.717, 1.165) is 50.4 Å². The van der Waals surface area contributed by atoms with Crippen molar-refractivity contribution in [2.24, 2.45) is 11.8 Å². The Morgan fingerprint density at radius 3 is 1.32 bits per heavy atom. The second kappa shape index (κ2) is 9.76. The van der Waals surface area contributed by atoms with Crippen LogP contribution < -0.4 is 0 Å². The summed E-state index contributed by atoms with van der Waals surface area (Å²) in [4.78, 5) is 29.9. The van der Waals surface area contributed by atoms with Crippen LogP contribution in [0, 0.1) is 11.8 Å². The molecule has 0 amide bonds. The molecule has 2 unspecified atom stereocenters. The van der Waals surface area contributed by atoms with Crippen LogP contribution in [-0.2, 0) is 0 Å². The van der Waals surface area contributed by atoms with Crippen molar-refractivity contribution in [3.8, 4) is 0 Å². The number of piperazine rings is 1. The van der Waals surface area contributed by atoms with E-state index in [1.165, 1.54) is 0 Å². The molecule has 1 aliphatic rings. The first-order chi connectivity index (χ1) is 13.5. The molecule has 4 nitrogen and oxygen atoms in total. The minimum Gasteiger partial charge on any atom is -0.300 e. The van der Waals surface area contributed by atoms with Crippen LogP contribution >= 0.6 is 0 Å². The standard InChI is InChI=1S/C24H30N2O2/c1-19(23(27)21-9-5-3-6-10-21)17-25-13-15-26(16-14-25)18-20(2)24(28)22-11-7-4-8-12-22/h3-12,19-20H,13-18H2,1-2H3. The maximum atomic E-state index is 12.6. The van der Waals surface area contributed by atoms with Gasteiger partial charge in [-0.25, -0.2) is 0 Å². The molecule has 1 saturated heterocycles. The molecule has 0 bridgehead atoms. The second-order valence-electron chi connectivity index (χ2n) is 7.86. The molecule has 28 heavy (non-hydrogen) atoms. The number of Topliss-reactive ketones (excluding diaryl/α,β-unsaturated/α-hetero) is 2. The molecule has 0 N–H and O–H groups in total. The molecule has 1 heterocycles. The molecule has 148 valence electrons. The van der Waals surface area contributed by atoms with Gasteiger partial charge in [-0.1, -0.05) is 74.5 Å². The Morgan fingerprint density at radius 2 is 1.00 bits per heavy atom. The molecule has 1 aliphatic heterocycles. The van der Waals surface area contributed by atoms with E-state index in [4.69, 9.17) is 0 Å². The van der Waals surface area contributed by atoms with Crippen LogP contribution in [0.2, 0.25) is 0 Å². The Morgan fingerprint density at radius 1 is 0.679 bits per heavy atom. The van der Waals surface area contributed by atoms with Crippen molar-refractivity contribution >= 4 is 11.6 Å². The fraction of sp³-hybridized carbons (Fsp3) is 0.417. The first-order valence-electron chi connectivity index (χ1n) is 10.2. The van der Waals surface area contributed by atoms with E-state index < -0.39 is 0 Å². The number of hydrogen-bond donors (Lipinski definition) is 0. The zero-order chi connectivity index (χ0) is 19.9. The first-order valence-corrected chi connectivity index (χ1v) is 10.2. The quantitative estimate of drug-likeness (QED) is 0.658. The molecule has 1 fully saturated rings. The zero-order valence-corrected chi connectivity index (χ0v) is 16.9. The number of carbonyl (C=O) groups is 2. The van der Waals surface area contributed by atoms with E-state index >= 15 is 0 Å². The normalized spacial score (nSPS) is 17.8. The van der Waals surface area contributed by atoms with Gasteiger partial charge in [0.2, 0.25) is 0 Å². The van der Waals surface area contributed by atoms with Crippen LogP contribution in [0.1, 0.15) is 34.6 Å². The molecule has 0 radical (unpaired) electrons. The van der Waals surface area contributed by atoms with Gasteiger partial charge < -0.3 is 9.80 Å². The van der Waals surface area contributed by atoms with Gasteiger partial charge in [0.25, 0.3) is 0 Å². The summed E-state index contributed by atoms with van der Waals surface area (Å²) in [5, 5.41) is 0. The highest BCUT2D eigenvalue weighted by Gasteiger charge is 2.24. The van der Waals surface area contributed by atoms with Crippen molar-refractivity contribution in [2.45, 2.75) is 13.8 Å². The van der Waals surface area contributed by atoms with Crippen molar-refractivity contribution < 1.29 is 9.59 Å². The molecule has 2 aromatic rings. The smallest absolute Gasteiger partial charge is 0.166 e. The largest absolute Gasteiger partial charge is 0.300 e. The molecule has 2 aromatic carbocycles. The fourth-order valence-electron chi connectivity index (χ4n) is 3.87. The lowest BCUT2D eigenvalue weighted by molar-refractivity contribution is 0.0761. The lowest BCUT2D eigenvalue weighted by Crippen LogP contribution is -2.49. The Hall–Kier alpha value is -2.30. The molecule has 0 aliphatic carbocycles. The lowest BCUT2D eigenvalue weighted by Gasteiger charge is -2.36. The highest BCUT2D eigenvalue weighted by Crippen LogP contribution is 2.14. The second-order valence-corrected chi connectivity index (χ2v) is 7.86. The summed E-state index contributed by atoms with van der Waals surface area (Å²) in [5.74, 6) is 0.412. The van der Waals surface area contributed by atoms with Gasteiger partial charge in [-0.3, -0.25) is 9.59 Å². The predicted octanol–water partition coefficient (Wildman–Crippen LogP) is 3.64. The molecule has 3 rings (SSSR count). The van der Waals surface area contributed by atoms with E-state index in [2.05, 4.69) is 9.80 Å². The van der Waals surface area contributed by atoms with Gasteiger partial charge >= 0.3 is 0 Å². The van der Waals surface area contributed by atoms with Crippen molar-refractivity contribution in [3.05, 3.63) is 71.8 Å². The van der Waals surface area contributed by atoms with Gasteiger partial charge in [0, 0.05) is 62.2 Å². The number of carbonyl (C=O) groups excluding carboxylic acids is 2. The topological polar surface area (TPSA) is 40.6 Å². The molecule has 2 atom stereocenters. The molecule has 0 aromatic heterocycles. The van der Waals surface area contributed by atoms with Gasteiger partial charge in [0.1, 0.15) is 0 Å². The van der Waals surface area contributed by atoms with Gasteiger partial charge in [0.05, 0.1) is 0 Å². The number of nitrogens with zero attached hydrogens (tertiary/aromatic N) is 2. The maximum absolute atomic E-state index is 12.6. The van der Waals surface area contributed by atoms with E-state index in [-0.39, 0.29) is 23.4 Å². The number of hydrogen-bond acceptors (Lipinski definition) is 4. The van der Waals surface area contributed by atoms with Crippen LogP contribution in [0.15, 0.2) is 60.7 Å². The Kier molecular flexibility index (Phi) is 7.12. The monoisotopic (exact) mass is 378 g/mol. The molecule has 0 spiro atoms. The van der Waals surface area contributed by atoms with E-state index in [9.17, 15) is 9.59 Å². The summed E-state index contributed by atoms with van der Waals surface area (Å²) in [6.07, 6.45) is 0.